The molecule has 23 heavy (non-hydrogen) atoms. The van der Waals surface area contributed by atoms with Gasteiger partial charge in [-0.05, 0) is 51.0 Å². The summed E-state index contributed by atoms with van der Waals surface area (Å²) < 4.78 is 15.9. The molecule has 1 N–H and O–H groups in total. The van der Waals surface area contributed by atoms with Crippen LogP contribution in [0.15, 0.2) is 12.1 Å². The van der Waals surface area contributed by atoms with E-state index in [2.05, 4.69) is 17.3 Å². The van der Waals surface area contributed by atoms with E-state index < -0.39 is 0 Å². The van der Waals surface area contributed by atoms with Gasteiger partial charge in [0.2, 0.25) is 5.75 Å². The molecule has 0 aromatic heterocycles. The molecule has 0 radical (unpaired) electrons. The third-order valence-electron chi connectivity index (χ3n) is 4.34. The van der Waals surface area contributed by atoms with Crippen molar-refractivity contribution in [3.63, 3.8) is 0 Å². The van der Waals surface area contributed by atoms with E-state index >= 15 is 0 Å². The van der Waals surface area contributed by atoms with Crippen molar-refractivity contribution in [2.75, 3.05) is 48.0 Å². The van der Waals surface area contributed by atoms with E-state index in [1.165, 1.54) is 14.2 Å². The van der Waals surface area contributed by atoms with Gasteiger partial charge < -0.3 is 24.4 Å². The van der Waals surface area contributed by atoms with E-state index in [9.17, 15) is 4.79 Å². The van der Waals surface area contributed by atoms with Crippen molar-refractivity contribution in [3.05, 3.63) is 17.7 Å². The minimum absolute atomic E-state index is 0.151. The standard InChI is InChI=1S/C17H26N2O4/c1-19-9-7-12(8-10-19)11-18-17(20)13-5-6-14(21-2)16(23-4)15(13)22-3/h5-6,12H,7-11H2,1-4H3,(H,18,20). The lowest BCUT2D eigenvalue weighted by atomic mass is 9.97. The summed E-state index contributed by atoms with van der Waals surface area (Å²) in [6.07, 6.45) is 2.22. The van der Waals surface area contributed by atoms with Crippen molar-refractivity contribution >= 4 is 5.91 Å². The molecule has 1 fully saturated rings. The van der Waals surface area contributed by atoms with Crippen LogP contribution >= 0.6 is 0 Å². The number of nitrogens with zero attached hydrogens (tertiary/aromatic N) is 1. The summed E-state index contributed by atoms with van der Waals surface area (Å²) in [5.74, 6) is 1.74. The number of hydrogen-bond acceptors (Lipinski definition) is 5. The molecular weight excluding hydrogens is 296 g/mol. The van der Waals surface area contributed by atoms with Crippen LogP contribution in [-0.2, 0) is 0 Å². The molecule has 2 rings (SSSR count). The number of rotatable bonds is 6. The number of likely N-dealkylation sites (tertiary alicyclic amines) is 1. The van der Waals surface area contributed by atoms with Crippen LogP contribution in [-0.4, -0.2) is 58.8 Å². The first-order valence-electron chi connectivity index (χ1n) is 7.86. The predicted molar refractivity (Wildman–Crippen MR) is 88.7 cm³/mol. The normalized spacial score (nSPS) is 16.0. The molecule has 6 nitrogen and oxygen atoms in total. The quantitative estimate of drug-likeness (QED) is 0.865. The summed E-state index contributed by atoms with van der Waals surface area (Å²) >= 11 is 0. The van der Waals surface area contributed by atoms with Crippen LogP contribution in [0.1, 0.15) is 23.2 Å². The maximum atomic E-state index is 12.5. The van der Waals surface area contributed by atoms with Gasteiger partial charge in [0, 0.05) is 6.54 Å². The number of nitrogens with one attached hydrogen (secondary N) is 1. The van der Waals surface area contributed by atoms with Crippen molar-refractivity contribution < 1.29 is 19.0 Å². The Kier molecular flexibility index (Phi) is 6.10. The van der Waals surface area contributed by atoms with Gasteiger partial charge in [-0.25, -0.2) is 0 Å². The van der Waals surface area contributed by atoms with Crippen LogP contribution in [0.2, 0.25) is 0 Å². The van der Waals surface area contributed by atoms with E-state index in [-0.39, 0.29) is 5.91 Å². The zero-order valence-corrected chi connectivity index (χ0v) is 14.3. The molecule has 0 spiro atoms. The lowest BCUT2D eigenvalue weighted by Gasteiger charge is -2.29. The van der Waals surface area contributed by atoms with Crippen LogP contribution in [0.25, 0.3) is 0 Å². The molecule has 1 amide bonds. The lowest BCUT2D eigenvalue weighted by molar-refractivity contribution is 0.0935. The number of hydrogen-bond donors (Lipinski definition) is 1. The Labute approximate surface area is 137 Å². The minimum atomic E-state index is -0.151. The number of ether oxygens (including phenoxy) is 3. The molecule has 1 heterocycles. The third-order valence-corrected chi connectivity index (χ3v) is 4.34. The van der Waals surface area contributed by atoms with Crippen molar-refractivity contribution in [1.82, 2.24) is 10.2 Å². The van der Waals surface area contributed by atoms with Gasteiger partial charge in [-0.1, -0.05) is 0 Å². The Morgan fingerprint density at radius 1 is 1.13 bits per heavy atom. The molecule has 128 valence electrons. The van der Waals surface area contributed by atoms with Gasteiger partial charge in [0.1, 0.15) is 0 Å². The Balaban J connectivity index is 2.07. The van der Waals surface area contributed by atoms with Gasteiger partial charge in [0.05, 0.1) is 26.9 Å². The third kappa shape index (κ3) is 4.07. The van der Waals surface area contributed by atoms with Gasteiger partial charge in [-0.3, -0.25) is 4.79 Å². The first-order chi connectivity index (χ1) is 11.1. The minimum Gasteiger partial charge on any atom is -0.493 e. The Morgan fingerprint density at radius 3 is 2.35 bits per heavy atom. The van der Waals surface area contributed by atoms with Crippen molar-refractivity contribution in [1.29, 1.82) is 0 Å². The van der Waals surface area contributed by atoms with Crippen LogP contribution < -0.4 is 19.5 Å². The average molecular weight is 322 g/mol. The summed E-state index contributed by atoms with van der Waals surface area (Å²) in [4.78, 5) is 14.8. The highest BCUT2D eigenvalue weighted by Crippen LogP contribution is 2.39. The Hall–Kier alpha value is -1.95. The maximum absolute atomic E-state index is 12.5. The smallest absolute Gasteiger partial charge is 0.255 e. The monoisotopic (exact) mass is 322 g/mol. The van der Waals surface area contributed by atoms with Crippen molar-refractivity contribution in [2.45, 2.75) is 12.8 Å². The molecule has 1 aliphatic rings. The fourth-order valence-electron chi connectivity index (χ4n) is 2.88. The zero-order valence-electron chi connectivity index (χ0n) is 14.3. The SMILES string of the molecule is COc1ccc(C(=O)NCC2CCN(C)CC2)c(OC)c1OC. The van der Waals surface area contributed by atoms with Crippen LogP contribution in [0, 0.1) is 5.92 Å². The molecule has 1 aromatic rings. The van der Waals surface area contributed by atoms with E-state index in [1.54, 1.807) is 19.2 Å². The highest BCUT2D eigenvalue weighted by atomic mass is 16.5. The van der Waals surface area contributed by atoms with Gasteiger partial charge >= 0.3 is 0 Å². The second-order valence-electron chi connectivity index (χ2n) is 5.84. The molecule has 0 unspecified atom stereocenters. The molecular formula is C17H26N2O4. The summed E-state index contributed by atoms with van der Waals surface area (Å²) in [6.45, 7) is 2.85. The second kappa shape index (κ2) is 8.06. The number of carbonyl (C=O) groups excluding carboxylic acids is 1. The average Bonchev–Trinajstić information content (AvgIpc) is 2.59. The fraction of sp³-hybridized carbons (Fsp3) is 0.588. The first-order valence-corrected chi connectivity index (χ1v) is 7.86. The summed E-state index contributed by atoms with van der Waals surface area (Å²) in [6, 6.07) is 3.41. The first kappa shape index (κ1) is 17.4. The Bertz CT molecular complexity index is 540. The second-order valence-corrected chi connectivity index (χ2v) is 5.84. The van der Waals surface area contributed by atoms with Crippen LogP contribution in [0.3, 0.4) is 0 Å². The van der Waals surface area contributed by atoms with Crippen LogP contribution in [0.5, 0.6) is 17.2 Å². The van der Waals surface area contributed by atoms with Crippen LogP contribution in [0.4, 0.5) is 0 Å². The Morgan fingerprint density at radius 2 is 1.78 bits per heavy atom. The number of amides is 1. The number of piperidine rings is 1. The molecule has 6 heteroatoms. The summed E-state index contributed by atoms with van der Waals surface area (Å²) in [5, 5.41) is 3.01. The summed E-state index contributed by atoms with van der Waals surface area (Å²) in [7, 11) is 6.73. The molecule has 0 aliphatic carbocycles. The lowest BCUT2D eigenvalue weighted by Crippen LogP contribution is -2.37. The van der Waals surface area contributed by atoms with Crippen molar-refractivity contribution in [3.8, 4) is 17.2 Å². The van der Waals surface area contributed by atoms with E-state index in [1.807, 2.05) is 0 Å². The largest absolute Gasteiger partial charge is 0.493 e. The van der Waals surface area contributed by atoms with Crippen molar-refractivity contribution in [2.24, 2.45) is 5.92 Å². The molecule has 0 saturated carbocycles. The molecule has 0 atom stereocenters. The van der Waals surface area contributed by atoms with E-state index in [0.717, 1.165) is 25.9 Å². The van der Waals surface area contributed by atoms with E-state index in [0.29, 0.717) is 35.3 Å². The zero-order chi connectivity index (χ0) is 16.8. The predicted octanol–water partition coefficient (Wildman–Crippen LogP) is 1.78. The molecule has 1 aliphatic heterocycles. The highest BCUT2D eigenvalue weighted by molar-refractivity contribution is 5.98. The maximum Gasteiger partial charge on any atom is 0.255 e. The van der Waals surface area contributed by atoms with E-state index in [4.69, 9.17) is 14.2 Å². The fourth-order valence-corrected chi connectivity index (χ4v) is 2.88. The highest BCUT2D eigenvalue weighted by Gasteiger charge is 2.22. The number of methoxy groups -OCH3 is 3. The van der Waals surface area contributed by atoms with Gasteiger partial charge in [0.25, 0.3) is 5.91 Å². The number of carbonyl (C=O) groups is 1. The number of benzene rings is 1. The molecule has 1 aromatic carbocycles. The topological polar surface area (TPSA) is 60.0 Å². The molecule has 1 saturated heterocycles. The summed E-state index contributed by atoms with van der Waals surface area (Å²) in [5.41, 5.74) is 0.457. The van der Waals surface area contributed by atoms with Gasteiger partial charge in [-0.15, -0.1) is 0 Å². The molecule has 0 bridgehead atoms. The van der Waals surface area contributed by atoms with Gasteiger partial charge in [-0.2, -0.15) is 0 Å². The van der Waals surface area contributed by atoms with Gasteiger partial charge in [0.15, 0.2) is 11.5 Å².